The van der Waals surface area contributed by atoms with Crippen molar-refractivity contribution in [2.75, 3.05) is 19.4 Å². The average molecular weight is 338 g/mol. The van der Waals surface area contributed by atoms with E-state index >= 15 is 0 Å². The summed E-state index contributed by atoms with van der Waals surface area (Å²) in [7, 11) is 4.99. The molecule has 0 saturated heterocycles. The summed E-state index contributed by atoms with van der Waals surface area (Å²) in [6, 6.07) is -0.793. The number of nitrogens with two attached hydrogens (primary N) is 1. The molecule has 0 spiro atoms. The lowest BCUT2D eigenvalue weighted by molar-refractivity contribution is -0.148. The van der Waals surface area contributed by atoms with Gasteiger partial charge in [-0.3, -0.25) is 4.79 Å². The maximum Gasteiger partial charge on any atom is 0.326 e. The summed E-state index contributed by atoms with van der Waals surface area (Å²) in [5, 5.41) is 8.90. The molecule has 0 unspecified atom stereocenters. The van der Waals surface area contributed by atoms with Gasteiger partial charge in [-0.25, -0.2) is 10.7 Å². The van der Waals surface area contributed by atoms with Crippen LogP contribution in [0.3, 0.4) is 0 Å². The van der Waals surface area contributed by atoms with Gasteiger partial charge >= 0.3 is 5.97 Å². The van der Waals surface area contributed by atoms with E-state index in [0.717, 1.165) is 12.2 Å². The largest absolute Gasteiger partial charge is 0.480 e. The number of carboxylic acids is 1. The molecule has 0 bridgehead atoms. The highest BCUT2D eigenvalue weighted by Crippen LogP contribution is 2.39. The maximum absolute atomic E-state index is 12.0. The minimum absolute atomic E-state index is 0.0444. The Labute approximate surface area is 134 Å². The zero-order chi connectivity index (χ0) is 16.5. The topological polar surface area (TPSA) is 92.9 Å². The highest BCUT2D eigenvalue weighted by molar-refractivity contribution is 8.77. The molecule has 21 heavy (non-hydrogen) atoms. The number of carbonyl (C=O) groups is 2. The maximum atomic E-state index is 12.0. The van der Waals surface area contributed by atoms with Crippen LogP contribution in [-0.4, -0.2) is 52.1 Å². The van der Waals surface area contributed by atoms with Crippen LogP contribution < -0.4 is 5.90 Å². The van der Waals surface area contributed by atoms with Gasteiger partial charge in [0.15, 0.2) is 0 Å². The third-order valence-electron chi connectivity index (χ3n) is 3.05. The van der Waals surface area contributed by atoms with Crippen LogP contribution in [-0.2, 0) is 14.4 Å². The van der Waals surface area contributed by atoms with E-state index in [2.05, 4.69) is 18.7 Å². The SMILES string of the molecule is C[C@@H](C(=O)O)N(C)C(=O)CCC(C)(C)SSCCCON. The molecule has 1 atom stereocenters. The minimum atomic E-state index is -0.989. The first-order chi connectivity index (χ1) is 9.71. The van der Waals surface area contributed by atoms with Crippen molar-refractivity contribution in [1.29, 1.82) is 0 Å². The van der Waals surface area contributed by atoms with Crippen molar-refractivity contribution in [3.8, 4) is 0 Å². The van der Waals surface area contributed by atoms with Gasteiger partial charge in [0.2, 0.25) is 5.91 Å². The van der Waals surface area contributed by atoms with E-state index in [9.17, 15) is 9.59 Å². The van der Waals surface area contributed by atoms with Crippen molar-refractivity contribution >= 4 is 33.5 Å². The van der Waals surface area contributed by atoms with Crippen molar-refractivity contribution in [3.05, 3.63) is 0 Å². The molecule has 8 heteroatoms. The summed E-state index contributed by atoms with van der Waals surface area (Å²) in [4.78, 5) is 28.6. The molecule has 0 radical (unpaired) electrons. The summed E-state index contributed by atoms with van der Waals surface area (Å²) >= 11 is 0. The summed E-state index contributed by atoms with van der Waals surface area (Å²) in [5.41, 5.74) is 0. The quantitative estimate of drug-likeness (QED) is 0.339. The van der Waals surface area contributed by atoms with Crippen molar-refractivity contribution in [2.45, 2.75) is 50.8 Å². The second kappa shape index (κ2) is 10.3. The van der Waals surface area contributed by atoms with Crippen molar-refractivity contribution in [2.24, 2.45) is 5.90 Å². The van der Waals surface area contributed by atoms with Crippen LogP contribution in [0.5, 0.6) is 0 Å². The Morgan fingerprint density at radius 3 is 2.57 bits per heavy atom. The molecule has 3 N–H and O–H groups in total. The number of carboxylic acid groups (broad SMARTS) is 1. The van der Waals surface area contributed by atoms with Gasteiger partial charge in [-0.05, 0) is 33.6 Å². The molecular weight excluding hydrogens is 312 g/mol. The highest BCUT2D eigenvalue weighted by Gasteiger charge is 2.25. The third kappa shape index (κ3) is 9.23. The van der Waals surface area contributed by atoms with Crippen LogP contribution in [0.2, 0.25) is 0 Å². The lowest BCUT2D eigenvalue weighted by Crippen LogP contribution is -2.40. The Balaban J connectivity index is 4.06. The fourth-order valence-corrected chi connectivity index (χ4v) is 4.04. The van der Waals surface area contributed by atoms with E-state index in [-0.39, 0.29) is 10.7 Å². The Morgan fingerprint density at radius 1 is 1.43 bits per heavy atom. The number of hydrogen-bond acceptors (Lipinski definition) is 6. The van der Waals surface area contributed by atoms with Gasteiger partial charge in [0.1, 0.15) is 6.04 Å². The van der Waals surface area contributed by atoms with Gasteiger partial charge in [0, 0.05) is 24.0 Å². The van der Waals surface area contributed by atoms with Gasteiger partial charge in [-0.15, -0.1) is 0 Å². The summed E-state index contributed by atoms with van der Waals surface area (Å²) < 4.78 is -0.0444. The van der Waals surface area contributed by atoms with Gasteiger partial charge in [-0.2, -0.15) is 0 Å². The molecular formula is C13H26N2O4S2. The predicted molar refractivity (Wildman–Crippen MR) is 88.0 cm³/mol. The van der Waals surface area contributed by atoms with E-state index in [0.29, 0.717) is 19.4 Å². The zero-order valence-corrected chi connectivity index (χ0v) is 14.8. The molecule has 0 aliphatic rings. The normalized spacial score (nSPS) is 13.0. The van der Waals surface area contributed by atoms with E-state index in [1.165, 1.54) is 18.9 Å². The van der Waals surface area contributed by atoms with Gasteiger partial charge < -0.3 is 14.8 Å². The summed E-state index contributed by atoms with van der Waals surface area (Å²) in [5.74, 6) is 4.76. The van der Waals surface area contributed by atoms with E-state index in [1.807, 2.05) is 0 Å². The summed E-state index contributed by atoms with van der Waals surface area (Å²) in [6.45, 7) is 6.22. The Kier molecular flexibility index (Phi) is 10.1. The standard InChI is InChI=1S/C13H26N2O4S2/c1-10(12(17)18)15(4)11(16)6-7-13(2,3)21-20-9-5-8-19-14/h10H,5-9,14H2,1-4H3,(H,17,18)/t10-/m0/s1. The molecule has 0 rings (SSSR count). The number of likely N-dealkylation sites (N-methyl/N-ethyl adjacent to an activating group) is 1. The second-order valence-electron chi connectivity index (χ2n) is 5.41. The number of hydrogen-bond donors (Lipinski definition) is 2. The monoisotopic (exact) mass is 338 g/mol. The number of nitrogens with zero attached hydrogens (tertiary/aromatic N) is 1. The van der Waals surface area contributed by atoms with Crippen LogP contribution in [0.1, 0.15) is 40.0 Å². The molecule has 0 aromatic rings. The Bertz CT molecular complexity index is 340. The predicted octanol–water partition coefficient (Wildman–Crippen LogP) is 2.14. The molecule has 0 aliphatic heterocycles. The molecule has 1 amide bonds. The van der Waals surface area contributed by atoms with E-state index in [4.69, 9.17) is 11.0 Å². The van der Waals surface area contributed by atoms with Crippen molar-refractivity contribution in [3.63, 3.8) is 0 Å². The average Bonchev–Trinajstić information content (AvgIpc) is 2.42. The number of amides is 1. The minimum Gasteiger partial charge on any atom is -0.480 e. The molecule has 0 aromatic heterocycles. The van der Waals surface area contributed by atoms with Crippen LogP contribution in [0.25, 0.3) is 0 Å². The molecule has 6 nitrogen and oxygen atoms in total. The van der Waals surface area contributed by atoms with Crippen LogP contribution in [0.4, 0.5) is 0 Å². The lowest BCUT2D eigenvalue weighted by atomic mass is 10.1. The lowest BCUT2D eigenvalue weighted by Gasteiger charge is -2.26. The van der Waals surface area contributed by atoms with Crippen LogP contribution in [0.15, 0.2) is 0 Å². The van der Waals surface area contributed by atoms with Crippen LogP contribution in [0, 0.1) is 0 Å². The molecule has 124 valence electrons. The molecule has 0 saturated carbocycles. The smallest absolute Gasteiger partial charge is 0.326 e. The highest BCUT2D eigenvalue weighted by atomic mass is 33.1. The molecule has 0 fully saturated rings. The fraction of sp³-hybridized carbons (Fsp3) is 0.846. The Hall–Kier alpha value is -0.440. The second-order valence-corrected chi connectivity index (χ2v) is 8.53. The Morgan fingerprint density at radius 2 is 2.05 bits per heavy atom. The summed E-state index contributed by atoms with van der Waals surface area (Å²) in [6.07, 6.45) is 1.94. The number of aliphatic carboxylic acids is 1. The van der Waals surface area contributed by atoms with Crippen molar-refractivity contribution < 1.29 is 19.5 Å². The van der Waals surface area contributed by atoms with E-state index < -0.39 is 12.0 Å². The number of rotatable bonds is 11. The van der Waals surface area contributed by atoms with Gasteiger partial charge in [-0.1, -0.05) is 21.6 Å². The fourth-order valence-electron chi connectivity index (χ4n) is 1.41. The van der Waals surface area contributed by atoms with Crippen molar-refractivity contribution in [1.82, 2.24) is 4.90 Å². The molecule has 0 heterocycles. The molecule has 0 aromatic carbocycles. The first kappa shape index (κ1) is 20.6. The molecule has 0 aliphatic carbocycles. The zero-order valence-electron chi connectivity index (χ0n) is 13.1. The number of carbonyl (C=O) groups excluding carboxylic acids is 1. The van der Waals surface area contributed by atoms with Gasteiger partial charge in [0.25, 0.3) is 0 Å². The van der Waals surface area contributed by atoms with Gasteiger partial charge in [0.05, 0.1) is 6.61 Å². The van der Waals surface area contributed by atoms with Crippen LogP contribution >= 0.6 is 21.6 Å². The first-order valence-electron chi connectivity index (χ1n) is 6.82. The van der Waals surface area contributed by atoms with E-state index in [1.54, 1.807) is 21.6 Å². The first-order valence-corrected chi connectivity index (χ1v) is 9.14. The third-order valence-corrected chi connectivity index (χ3v) is 6.48.